The quantitative estimate of drug-likeness (QED) is 0.817. The van der Waals surface area contributed by atoms with E-state index in [1.165, 1.54) is 5.56 Å². The van der Waals surface area contributed by atoms with Gasteiger partial charge in [-0.15, -0.1) is 0 Å². The number of ether oxygens (including phenoxy) is 1. The molecule has 1 aliphatic rings. The average molecular weight is 265 g/mol. The molecular formula is C15H23NOS. The highest BCUT2D eigenvalue weighted by atomic mass is 32.1. The lowest BCUT2D eigenvalue weighted by atomic mass is 9.94. The van der Waals surface area contributed by atoms with Crippen molar-refractivity contribution in [2.75, 3.05) is 6.54 Å². The zero-order chi connectivity index (χ0) is 13.0. The second-order valence-corrected chi connectivity index (χ2v) is 5.94. The fourth-order valence-electron chi connectivity index (χ4n) is 2.36. The molecule has 0 saturated carbocycles. The molecule has 1 aromatic carbocycles. The van der Waals surface area contributed by atoms with E-state index in [1.807, 2.05) is 6.07 Å². The predicted octanol–water partition coefficient (Wildman–Crippen LogP) is 2.89. The van der Waals surface area contributed by atoms with Crippen molar-refractivity contribution in [2.24, 2.45) is 5.92 Å². The van der Waals surface area contributed by atoms with Crippen molar-refractivity contribution < 1.29 is 4.74 Å². The molecule has 1 fully saturated rings. The summed E-state index contributed by atoms with van der Waals surface area (Å²) in [4.78, 5) is 0. The van der Waals surface area contributed by atoms with Crippen LogP contribution in [-0.2, 0) is 11.3 Å². The first-order valence-electron chi connectivity index (χ1n) is 6.75. The van der Waals surface area contributed by atoms with Gasteiger partial charge in [-0.3, -0.25) is 0 Å². The maximum atomic E-state index is 6.01. The molecule has 4 unspecified atom stereocenters. The van der Waals surface area contributed by atoms with E-state index in [4.69, 9.17) is 4.74 Å². The summed E-state index contributed by atoms with van der Waals surface area (Å²) in [7, 11) is 0. The zero-order valence-corrected chi connectivity index (χ0v) is 12.1. The summed E-state index contributed by atoms with van der Waals surface area (Å²) in [6.07, 6.45) is 1.71. The van der Waals surface area contributed by atoms with E-state index in [0.29, 0.717) is 17.3 Å². The summed E-state index contributed by atoms with van der Waals surface area (Å²) < 4.78 is 6.01. The van der Waals surface area contributed by atoms with Crippen LogP contribution in [0.1, 0.15) is 25.8 Å². The van der Waals surface area contributed by atoms with Crippen molar-refractivity contribution in [3.63, 3.8) is 0 Å². The topological polar surface area (TPSA) is 21.3 Å². The maximum Gasteiger partial charge on any atom is 0.0819 e. The predicted molar refractivity (Wildman–Crippen MR) is 79.0 cm³/mol. The molecule has 1 aromatic rings. The molecule has 1 saturated heterocycles. The Morgan fingerprint density at radius 3 is 2.72 bits per heavy atom. The van der Waals surface area contributed by atoms with Crippen molar-refractivity contribution in [3.05, 3.63) is 35.9 Å². The Morgan fingerprint density at radius 2 is 2.00 bits per heavy atom. The SMILES string of the molecule is CC1CC(S)C(CNCc2ccccc2)OC1C. The van der Waals surface area contributed by atoms with Crippen molar-refractivity contribution in [1.29, 1.82) is 0 Å². The molecule has 18 heavy (non-hydrogen) atoms. The molecule has 1 N–H and O–H groups in total. The molecule has 0 aromatic heterocycles. The fourth-order valence-corrected chi connectivity index (χ4v) is 2.87. The van der Waals surface area contributed by atoms with Crippen LogP contribution in [0.15, 0.2) is 30.3 Å². The molecule has 0 spiro atoms. The van der Waals surface area contributed by atoms with Gasteiger partial charge in [0.25, 0.3) is 0 Å². The monoisotopic (exact) mass is 265 g/mol. The van der Waals surface area contributed by atoms with Crippen LogP contribution in [-0.4, -0.2) is 24.0 Å². The van der Waals surface area contributed by atoms with E-state index >= 15 is 0 Å². The Hall–Kier alpha value is -0.510. The van der Waals surface area contributed by atoms with Gasteiger partial charge in [0.1, 0.15) is 0 Å². The molecule has 3 heteroatoms. The summed E-state index contributed by atoms with van der Waals surface area (Å²) in [5.74, 6) is 0.609. The second kappa shape index (κ2) is 6.60. The lowest BCUT2D eigenvalue weighted by Gasteiger charge is -2.37. The molecule has 0 amide bonds. The highest BCUT2D eigenvalue weighted by Gasteiger charge is 2.31. The van der Waals surface area contributed by atoms with Crippen molar-refractivity contribution >= 4 is 12.6 Å². The van der Waals surface area contributed by atoms with E-state index < -0.39 is 0 Å². The van der Waals surface area contributed by atoms with E-state index in [2.05, 4.69) is 56.1 Å². The van der Waals surface area contributed by atoms with Crippen LogP contribution in [0, 0.1) is 5.92 Å². The molecule has 2 rings (SSSR count). The molecule has 0 radical (unpaired) electrons. The number of hydrogen-bond donors (Lipinski definition) is 2. The van der Waals surface area contributed by atoms with Gasteiger partial charge in [0.15, 0.2) is 0 Å². The summed E-state index contributed by atoms with van der Waals surface area (Å²) in [6.45, 7) is 6.17. The molecular weight excluding hydrogens is 242 g/mol. The lowest BCUT2D eigenvalue weighted by Crippen LogP contribution is -2.44. The molecule has 100 valence electrons. The number of thiol groups is 1. The normalized spacial score (nSPS) is 32.4. The Morgan fingerprint density at radius 1 is 1.28 bits per heavy atom. The zero-order valence-electron chi connectivity index (χ0n) is 11.2. The minimum atomic E-state index is 0.225. The Labute approximate surface area is 116 Å². The molecule has 1 aliphatic heterocycles. The van der Waals surface area contributed by atoms with Crippen LogP contribution < -0.4 is 5.32 Å². The second-order valence-electron chi connectivity index (χ2n) is 5.28. The first kappa shape index (κ1) is 13.9. The van der Waals surface area contributed by atoms with Crippen LogP contribution in [0.25, 0.3) is 0 Å². The molecule has 0 bridgehead atoms. The molecule has 1 heterocycles. The number of benzene rings is 1. The van der Waals surface area contributed by atoms with E-state index in [9.17, 15) is 0 Å². The van der Waals surface area contributed by atoms with Gasteiger partial charge in [-0.1, -0.05) is 37.3 Å². The number of nitrogens with one attached hydrogen (secondary N) is 1. The minimum Gasteiger partial charge on any atom is -0.373 e. The third-order valence-electron chi connectivity index (χ3n) is 3.75. The maximum absolute atomic E-state index is 6.01. The number of hydrogen-bond acceptors (Lipinski definition) is 3. The van der Waals surface area contributed by atoms with Crippen LogP contribution >= 0.6 is 12.6 Å². The lowest BCUT2D eigenvalue weighted by molar-refractivity contribution is -0.0624. The largest absolute Gasteiger partial charge is 0.373 e. The van der Waals surface area contributed by atoms with Gasteiger partial charge in [-0.2, -0.15) is 12.6 Å². The Bertz CT molecular complexity index is 357. The van der Waals surface area contributed by atoms with Gasteiger partial charge in [0, 0.05) is 18.3 Å². The molecule has 2 nitrogen and oxygen atoms in total. The summed E-state index contributed by atoms with van der Waals surface area (Å²) in [6, 6.07) is 10.5. The first-order valence-corrected chi connectivity index (χ1v) is 7.26. The standard InChI is InChI=1S/C15H23NOS/c1-11-8-15(18)14(17-12(11)2)10-16-9-13-6-4-3-5-7-13/h3-7,11-12,14-16,18H,8-10H2,1-2H3. The Balaban J connectivity index is 1.76. The number of rotatable bonds is 4. The van der Waals surface area contributed by atoms with Gasteiger partial charge in [-0.25, -0.2) is 0 Å². The summed E-state index contributed by atoms with van der Waals surface area (Å²) in [5, 5.41) is 3.81. The van der Waals surface area contributed by atoms with Gasteiger partial charge < -0.3 is 10.1 Å². The van der Waals surface area contributed by atoms with E-state index in [-0.39, 0.29) is 6.10 Å². The summed E-state index contributed by atoms with van der Waals surface area (Å²) >= 11 is 4.65. The fraction of sp³-hybridized carbons (Fsp3) is 0.600. The highest BCUT2D eigenvalue weighted by molar-refractivity contribution is 7.81. The van der Waals surface area contributed by atoms with Crippen LogP contribution in [0.3, 0.4) is 0 Å². The van der Waals surface area contributed by atoms with E-state index in [1.54, 1.807) is 0 Å². The van der Waals surface area contributed by atoms with Crippen molar-refractivity contribution in [3.8, 4) is 0 Å². The third-order valence-corrected chi connectivity index (χ3v) is 4.29. The highest BCUT2D eigenvalue weighted by Crippen LogP contribution is 2.27. The van der Waals surface area contributed by atoms with Gasteiger partial charge in [0.05, 0.1) is 12.2 Å². The van der Waals surface area contributed by atoms with Crippen LogP contribution in [0.2, 0.25) is 0 Å². The Kier molecular flexibility index (Phi) is 5.10. The van der Waals surface area contributed by atoms with Gasteiger partial charge in [-0.05, 0) is 24.8 Å². The average Bonchev–Trinajstić information content (AvgIpc) is 2.37. The smallest absolute Gasteiger partial charge is 0.0819 e. The van der Waals surface area contributed by atoms with Crippen molar-refractivity contribution in [1.82, 2.24) is 5.32 Å². The van der Waals surface area contributed by atoms with Crippen LogP contribution in [0.4, 0.5) is 0 Å². The summed E-state index contributed by atoms with van der Waals surface area (Å²) in [5.41, 5.74) is 1.31. The van der Waals surface area contributed by atoms with Crippen LogP contribution in [0.5, 0.6) is 0 Å². The third kappa shape index (κ3) is 3.74. The molecule has 0 aliphatic carbocycles. The van der Waals surface area contributed by atoms with Gasteiger partial charge >= 0.3 is 0 Å². The van der Waals surface area contributed by atoms with Gasteiger partial charge in [0.2, 0.25) is 0 Å². The minimum absolute atomic E-state index is 0.225. The van der Waals surface area contributed by atoms with Crippen molar-refractivity contribution in [2.45, 2.75) is 44.3 Å². The molecule has 4 atom stereocenters. The van der Waals surface area contributed by atoms with E-state index in [0.717, 1.165) is 19.5 Å². The first-order chi connectivity index (χ1) is 8.66.